The number of hydrogen-bond donors (Lipinski definition) is 2. The predicted molar refractivity (Wildman–Crippen MR) is 42.2 cm³/mol. The molecule has 0 saturated carbocycles. The molecule has 0 spiro atoms. The minimum Gasteiger partial charge on any atom is -0.340 e. The van der Waals surface area contributed by atoms with Crippen LogP contribution < -0.4 is 5.32 Å². The van der Waals surface area contributed by atoms with Crippen LogP contribution in [0.3, 0.4) is 0 Å². The maximum absolute atomic E-state index is 11.1. The van der Waals surface area contributed by atoms with E-state index in [9.17, 15) is 4.79 Å². The van der Waals surface area contributed by atoms with Crippen molar-refractivity contribution in [2.45, 2.75) is 6.92 Å². The van der Waals surface area contributed by atoms with Crippen LogP contribution in [-0.2, 0) is 0 Å². The molecule has 2 N–H and O–H groups in total. The third-order valence-corrected chi connectivity index (χ3v) is 1.16. The van der Waals surface area contributed by atoms with E-state index < -0.39 is 0 Å². The lowest BCUT2D eigenvalue weighted by Crippen LogP contribution is -2.23. The van der Waals surface area contributed by atoms with Gasteiger partial charge in [-0.15, -0.1) is 5.92 Å². The first-order valence-corrected chi connectivity index (χ1v) is 3.38. The zero-order valence-electron chi connectivity index (χ0n) is 6.59. The number of amides is 1. The first-order chi connectivity index (χ1) is 5.84. The molecular weight excluding hydrogens is 156 g/mol. The van der Waals surface area contributed by atoms with Crippen molar-refractivity contribution < 1.29 is 4.79 Å². The highest BCUT2D eigenvalue weighted by Crippen LogP contribution is 1.86. The van der Waals surface area contributed by atoms with E-state index in [1.807, 2.05) is 0 Å². The summed E-state index contributed by atoms with van der Waals surface area (Å²) in [6.45, 7) is 2.05. The molecule has 1 aromatic heterocycles. The van der Waals surface area contributed by atoms with Gasteiger partial charge in [-0.25, -0.2) is 0 Å². The Morgan fingerprint density at radius 1 is 1.83 bits per heavy atom. The molecule has 12 heavy (non-hydrogen) atoms. The number of H-pyrrole nitrogens is 1. The summed E-state index contributed by atoms with van der Waals surface area (Å²) in [6.07, 6.45) is 1.36. The SMILES string of the molecule is CC#CCNC(=O)c1cn[nH]n1. The van der Waals surface area contributed by atoms with Crippen LogP contribution in [0.25, 0.3) is 0 Å². The molecule has 0 unspecified atom stereocenters. The maximum Gasteiger partial charge on any atom is 0.274 e. The van der Waals surface area contributed by atoms with Crippen LogP contribution in [0.2, 0.25) is 0 Å². The van der Waals surface area contributed by atoms with Gasteiger partial charge in [-0.3, -0.25) is 4.79 Å². The fourth-order valence-electron chi connectivity index (χ4n) is 0.614. The summed E-state index contributed by atoms with van der Waals surface area (Å²) in [5.74, 6) is 5.09. The Balaban J connectivity index is 2.43. The monoisotopic (exact) mass is 164 g/mol. The van der Waals surface area contributed by atoms with Crippen molar-refractivity contribution >= 4 is 5.91 Å². The summed E-state index contributed by atoms with van der Waals surface area (Å²) in [5.41, 5.74) is 0.271. The van der Waals surface area contributed by atoms with Gasteiger partial charge in [-0.05, 0) is 6.92 Å². The largest absolute Gasteiger partial charge is 0.340 e. The van der Waals surface area contributed by atoms with E-state index >= 15 is 0 Å². The molecule has 1 aromatic rings. The minimum absolute atomic E-state index is 0.271. The number of nitrogens with zero attached hydrogens (tertiary/aromatic N) is 2. The van der Waals surface area contributed by atoms with Gasteiger partial charge in [0.15, 0.2) is 5.69 Å². The highest BCUT2D eigenvalue weighted by Gasteiger charge is 2.05. The van der Waals surface area contributed by atoms with Crippen LogP contribution >= 0.6 is 0 Å². The standard InChI is InChI=1S/C7H8N4O/c1-2-3-4-8-7(12)6-5-9-11-10-6/h5H,4H2,1H3,(H,8,12)(H,9,10,11). The summed E-state index contributed by atoms with van der Waals surface area (Å²) >= 11 is 0. The molecule has 0 aromatic carbocycles. The van der Waals surface area contributed by atoms with Gasteiger partial charge >= 0.3 is 0 Å². The van der Waals surface area contributed by atoms with E-state index in [0.29, 0.717) is 6.54 Å². The Morgan fingerprint density at radius 3 is 3.25 bits per heavy atom. The zero-order chi connectivity index (χ0) is 8.81. The molecule has 0 saturated heterocycles. The molecule has 0 aliphatic heterocycles. The van der Waals surface area contributed by atoms with Crippen molar-refractivity contribution in [2.75, 3.05) is 6.54 Å². The fraction of sp³-hybridized carbons (Fsp3) is 0.286. The highest BCUT2D eigenvalue weighted by atomic mass is 16.1. The summed E-state index contributed by atoms with van der Waals surface area (Å²) < 4.78 is 0. The van der Waals surface area contributed by atoms with E-state index in [-0.39, 0.29) is 11.6 Å². The quantitative estimate of drug-likeness (QED) is 0.582. The van der Waals surface area contributed by atoms with Gasteiger partial charge in [0.05, 0.1) is 12.7 Å². The molecule has 0 aliphatic rings. The molecule has 1 rings (SSSR count). The predicted octanol–water partition coefficient (Wildman–Crippen LogP) is -0.442. The summed E-state index contributed by atoms with van der Waals surface area (Å²) in [5, 5.41) is 12.0. The van der Waals surface area contributed by atoms with Crippen LogP contribution in [0.4, 0.5) is 0 Å². The second-order valence-corrected chi connectivity index (χ2v) is 1.96. The molecular formula is C7H8N4O. The van der Waals surface area contributed by atoms with Gasteiger partial charge in [-0.1, -0.05) is 5.92 Å². The van der Waals surface area contributed by atoms with Crippen LogP contribution in [0.15, 0.2) is 6.20 Å². The van der Waals surface area contributed by atoms with Crippen molar-refractivity contribution in [2.24, 2.45) is 0 Å². The number of hydrogen-bond acceptors (Lipinski definition) is 3. The van der Waals surface area contributed by atoms with Gasteiger partial charge in [0.25, 0.3) is 5.91 Å². The Kier molecular flexibility index (Phi) is 2.85. The number of aromatic amines is 1. The lowest BCUT2D eigenvalue weighted by atomic mass is 10.4. The van der Waals surface area contributed by atoms with Gasteiger partial charge in [-0.2, -0.15) is 15.4 Å². The maximum atomic E-state index is 11.1. The normalized spacial score (nSPS) is 8.42. The summed E-state index contributed by atoms with van der Waals surface area (Å²) in [4.78, 5) is 11.1. The third-order valence-electron chi connectivity index (χ3n) is 1.16. The Labute approximate surface area is 69.6 Å². The number of carbonyl (C=O) groups is 1. The molecule has 0 fully saturated rings. The third kappa shape index (κ3) is 2.09. The molecule has 0 bridgehead atoms. The summed E-state index contributed by atoms with van der Waals surface area (Å²) in [7, 11) is 0. The van der Waals surface area contributed by atoms with Gasteiger partial charge in [0, 0.05) is 0 Å². The minimum atomic E-state index is -0.272. The van der Waals surface area contributed by atoms with E-state index in [4.69, 9.17) is 0 Å². The van der Waals surface area contributed by atoms with Crippen LogP contribution in [0.1, 0.15) is 17.4 Å². The van der Waals surface area contributed by atoms with Crippen molar-refractivity contribution in [3.8, 4) is 11.8 Å². The van der Waals surface area contributed by atoms with E-state index in [1.54, 1.807) is 6.92 Å². The zero-order valence-corrected chi connectivity index (χ0v) is 6.59. The van der Waals surface area contributed by atoms with Crippen molar-refractivity contribution in [1.29, 1.82) is 0 Å². The Bertz CT molecular complexity index is 306. The molecule has 62 valence electrons. The average Bonchev–Trinajstić information content (AvgIpc) is 2.56. The topological polar surface area (TPSA) is 70.7 Å². The number of rotatable bonds is 2. The van der Waals surface area contributed by atoms with Crippen LogP contribution in [-0.4, -0.2) is 27.9 Å². The van der Waals surface area contributed by atoms with Gasteiger partial charge in [0.2, 0.25) is 0 Å². The van der Waals surface area contributed by atoms with Crippen molar-refractivity contribution in [1.82, 2.24) is 20.7 Å². The van der Waals surface area contributed by atoms with Crippen LogP contribution in [0.5, 0.6) is 0 Å². The average molecular weight is 164 g/mol. The summed E-state index contributed by atoms with van der Waals surface area (Å²) in [6, 6.07) is 0. The first-order valence-electron chi connectivity index (χ1n) is 3.38. The Morgan fingerprint density at radius 2 is 2.67 bits per heavy atom. The number of nitrogens with one attached hydrogen (secondary N) is 2. The molecule has 0 aliphatic carbocycles. The molecule has 1 amide bonds. The van der Waals surface area contributed by atoms with Crippen molar-refractivity contribution in [3.63, 3.8) is 0 Å². The smallest absolute Gasteiger partial charge is 0.274 e. The second-order valence-electron chi connectivity index (χ2n) is 1.96. The second kappa shape index (κ2) is 4.13. The molecule has 1 heterocycles. The molecule has 0 atom stereocenters. The highest BCUT2D eigenvalue weighted by molar-refractivity contribution is 5.91. The van der Waals surface area contributed by atoms with Gasteiger partial charge in [0.1, 0.15) is 0 Å². The molecule has 5 nitrogen and oxygen atoms in total. The Hall–Kier alpha value is -1.83. The molecule has 0 radical (unpaired) electrons. The first kappa shape index (κ1) is 8.27. The molecule has 5 heteroatoms. The van der Waals surface area contributed by atoms with Crippen molar-refractivity contribution in [3.05, 3.63) is 11.9 Å². The fourth-order valence-corrected chi connectivity index (χ4v) is 0.614. The van der Waals surface area contributed by atoms with E-state index in [0.717, 1.165) is 0 Å². The number of carbonyl (C=O) groups excluding carboxylic acids is 1. The lowest BCUT2D eigenvalue weighted by Gasteiger charge is -1.94. The van der Waals surface area contributed by atoms with Crippen LogP contribution in [0, 0.1) is 11.8 Å². The van der Waals surface area contributed by atoms with E-state index in [1.165, 1.54) is 6.20 Å². The number of aromatic nitrogens is 3. The lowest BCUT2D eigenvalue weighted by molar-refractivity contribution is 0.0953. The van der Waals surface area contributed by atoms with E-state index in [2.05, 4.69) is 32.6 Å². The van der Waals surface area contributed by atoms with Gasteiger partial charge < -0.3 is 5.32 Å².